The Hall–Kier alpha value is -2.28. The van der Waals surface area contributed by atoms with Crippen molar-refractivity contribution < 1.29 is 14.3 Å². The van der Waals surface area contributed by atoms with Gasteiger partial charge < -0.3 is 20.7 Å². The molecule has 0 radical (unpaired) electrons. The van der Waals surface area contributed by atoms with Crippen LogP contribution in [0.3, 0.4) is 0 Å². The zero-order chi connectivity index (χ0) is 17.8. The van der Waals surface area contributed by atoms with E-state index >= 15 is 0 Å². The molecule has 7 nitrogen and oxygen atoms in total. The predicted molar refractivity (Wildman–Crippen MR) is 94.1 cm³/mol. The Labute approximate surface area is 148 Å². The second-order valence-corrected chi connectivity index (χ2v) is 6.90. The van der Waals surface area contributed by atoms with Gasteiger partial charge in [-0.15, -0.1) is 0 Å². The number of nitrogens with zero attached hydrogens (tertiary/aromatic N) is 2. The van der Waals surface area contributed by atoms with Gasteiger partial charge in [0.15, 0.2) is 0 Å². The molecule has 0 unspecified atom stereocenters. The Morgan fingerprint density at radius 3 is 2.64 bits per heavy atom. The molecule has 3 heterocycles. The average Bonchev–Trinajstić information content (AvgIpc) is 2.91. The SMILES string of the molecule is COc1ccc(CN2C[C@H]3CC[C@@H](C2)N(C(=O)CNC(N)=O)C3)cc1. The van der Waals surface area contributed by atoms with Crippen LogP contribution in [0.4, 0.5) is 4.79 Å². The van der Waals surface area contributed by atoms with Crippen molar-refractivity contribution in [3.63, 3.8) is 0 Å². The molecule has 0 spiro atoms. The number of rotatable bonds is 5. The number of hydrogen-bond acceptors (Lipinski definition) is 4. The minimum absolute atomic E-state index is 0.0168. The monoisotopic (exact) mass is 346 g/mol. The molecule has 136 valence electrons. The van der Waals surface area contributed by atoms with Gasteiger partial charge in [0.25, 0.3) is 0 Å². The van der Waals surface area contributed by atoms with Crippen molar-refractivity contribution >= 4 is 11.9 Å². The maximum Gasteiger partial charge on any atom is 0.312 e. The molecule has 3 aliphatic rings. The van der Waals surface area contributed by atoms with E-state index in [0.29, 0.717) is 5.92 Å². The molecule has 4 rings (SSSR count). The number of amides is 3. The van der Waals surface area contributed by atoms with Crippen LogP contribution in [0.2, 0.25) is 0 Å². The smallest absolute Gasteiger partial charge is 0.312 e. The summed E-state index contributed by atoms with van der Waals surface area (Å²) in [4.78, 5) is 27.6. The Balaban J connectivity index is 1.62. The molecular weight excluding hydrogens is 320 g/mol. The van der Waals surface area contributed by atoms with E-state index in [0.717, 1.165) is 44.8 Å². The van der Waals surface area contributed by atoms with Gasteiger partial charge in [0.1, 0.15) is 5.75 Å². The standard InChI is InChI=1S/C18H26N4O3/c1-25-16-6-3-13(4-7-16)9-21-10-14-2-5-15(12-21)22(11-14)17(23)8-20-18(19)24/h3-4,6-7,14-15H,2,5,8-12H2,1H3,(H3,19,20,24)/t14-,15+/m1/s1. The quantitative estimate of drug-likeness (QED) is 0.825. The molecule has 3 fully saturated rings. The van der Waals surface area contributed by atoms with Crippen LogP contribution >= 0.6 is 0 Å². The van der Waals surface area contributed by atoms with Gasteiger partial charge >= 0.3 is 6.03 Å². The first kappa shape index (κ1) is 17.5. The molecule has 0 aromatic heterocycles. The minimum Gasteiger partial charge on any atom is -0.497 e. The van der Waals surface area contributed by atoms with Gasteiger partial charge in [-0.25, -0.2) is 4.79 Å². The van der Waals surface area contributed by atoms with Gasteiger partial charge in [-0.2, -0.15) is 0 Å². The maximum absolute atomic E-state index is 12.4. The van der Waals surface area contributed by atoms with Crippen LogP contribution in [-0.4, -0.2) is 61.1 Å². The Morgan fingerprint density at radius 1 is 1.20 bits per heavy atom. The van der Waals surface area contributed by atoms with Crippen LogP contribution in [0.5, 0.6) is 5.75 Å². The lowest BCUT2D eigenvalue weighted by Gasteiger charge is -2.36. The summed E-state index contributed by atoms with van der Waals surface area (Å²) in [5.41, 5.74) is 6.31. The van der Waals surface area contributed by atoms with Gasteiger partial charge in [0, 0.05) is 32.2 Å². The van der Waals surface area contributed by atoms with E-state index in [1.807, 2.05) is 17.0 Å². The highest BCUT2D eigenvalue weighted by atomic mass is 16.5. The molecule has 0 saturated carbocycles. The van der Waals surface area contributed by atoms with Crippen molar-refractivity contribution in [1.82, 2.24) is 15.1 Å². The summed E-state index contributed by atoms with van der Waals surface area (Å²) in [6.45, 7) is 3.49. The van der Waals surface area contributed by atoms with Crippen LogP contribution in [0.1, 0.15) is 18.4 Å². The number of nitrogens with two attached hydrogens (primary N) is 1. The molecular formula is C18H26N4O3. The number of methoxy groups -OCH3 is 1. The lowest BCUT2D eigenvalue weighted by Crippen LogP contribution is -2.51. The van der Waals surface area contributed by atoms with E-state index in [-0.39, 0.29) is 18.5 Å². The average molecular weight is 346 g/mol. The highest BCUT2D eigenvalue weighted by molar-refractivity contribution is 5.83. The first-order valence-corrected chi connectivity index (χ1v) is 8.73. The number of nitrogens with one attached hydrogen (secondary N) is 1. The fourth-order valence-electron chi connectivity index (χ4n) is 3.87. The van der Waals surface area contributed by atoms with E-state index in [4.69, 9.17) is 10.5 Å². The molecule has 3 aliphatic heterocycles. The molecule has 2 bridgehead atoms. The Bertz CT molecular complexity index is 619. The molecule has 1 aromatic carbocycles. The van der Waals surface area contributed by atoms with Crippen molar-refractivity contribution in [2.45, 2.75) is 25.4 Å². The summed E-state index contributed by atoms with van der Waals surface area (Å²) in [5, 5.41) is 2.41. The van der Waals surface area contributed by atoms with Crippen molar-refractivity contribution in [3.05, 3.63) is 29.8 Å². The molecule has 3 saturated heterocycles. The van der Waals surface area contributed by atoms with Crippen molar-refractivity contribution in [2.24, 2.45) is 11.7 Å². The van der Waals surface area contributed by atoms with E-state index < -0.39 is 6.03 Å². The van der Waals surface area contributed by atoms with Gasteiger partial charge in [-0.3, -0.25) is 9.69 Å². The molecule has 7 heteroatoms. The van der Waals surface area contributed by atoms with Gasteiger partial charge in [0.2, 0.25) is 5.91 Å². The fourth-order valence-corrected chi connectivity index (χ4v) is 3.87. The first-order valence-electron chi connectivity index (χ1n) is 8.73. The normalized spacial score (nSPS) is 23.2. The number of benzene rings is 1. The highest BCUT2D eigenvalue weighted by Crippen LogP contribution is 2.29. The van der Waals surface area contributed by atoms with E-state index in [9.17, 15) is 9.59 Å². The van der Waals surface area contributed by atoms with Crippen LogP contribution in [0.25, 0.3) is 0 Å². The first-order chi connectivity index (χ1) is 12.0. The third-order valence-electron chi connectivity index (χ3n) is 5.09. The highest BCUT2D eigenvalue weighted by Gasteiger charge is 2.36. The minimum atomic E-state index is -0.658. The second kappa shape index (κ2) is 7.74. The van der Waals surface area contributed by atoms with E-state index in [2.05, 4.69) is 22.3 Å². The van der Waals surface area contributed by atoms with Gasteiger partial charge in [0.05, 0.1) is 13.7 Å². The summed E-state index contributed by atoms with van der Waals surface area (Å²) in [6.07, 6.45) is 2.17. The number of hydrogen-bond donors (Lipinski definition) is 2. The molecule has 1 aromatic rings. The molecule has 25 heavy (non-hydrogen) atoms. The summed E-state index contributed by atoms with van der Waals surface area (Å²) in [6, 6.07) is 7.69. The van der Waals surface area contributed by atoms with Crippen molar-refractivity contribution in [2.75, 3.05) is 33.3 Å². The summed E-state index contributed by atoms with van der Waals surface area (Å²) in [7, 11) is 1.67. The molecule has 3 amide bonds. The second-order valence-electron chi connectivity index (χ2n) is 6.90. The number of fused-ring (bicyclic) bond motifs is 4. The number of primary amides is 1. The number of carbonyl (C=O) groups is 2. The number of carbonyl (C=O) groups excluding carboxylic acids is 2. The topological polar surface area (TPSA) is 87.9 Å². The lowest BCUT2D eigenvalue weighted by atomic mass is 9.95. The van der Waals surface area contributed by atoms with E-state index in [1.165, 1.54) is 5.56 Å². The van der Waals surface area contributed by atoms with Crippen LogP contribution < -0.4 is 15.8 Å². The molecule has 2 atom stereocenters. The lowest BCUT2D eigenvalue weighted by molar-refractivity contribution is -0.134. The number of piperidine rings is 1. The Morgan fingerprint density at radius 2 is 1.96 bits per heavy atom. The van der Waals surface area contributed by atoms with Crippen molar-refractivity contribution in [3.8, 4) is 5.75 Å². The van der Waals surface area contributed by atoms with E-state index in [1.54, 1.807) is 7.11 Å². The third kappa shape index (κ3) is 4.42. The van der Waals surface area contributed by atoms with Gasteiger partial charge in [-0.1, -0.05) is 12.1 Å². The molecule has 0 aliphatic carbocycles. The number of urea groups is 1. The van der Waals surface area contributed by atoms with Gasteiger partial charge in [-0.05, 0) is 36.5 Å². The third-order valence-corrected chi connectivity index (χ3v) is 5.09. The molecule has 3 N–H and O–H groups in total. The largest absolute Gasteiger partial charge is 0.497 e. The van der Waals surface area contributed by atoms with Crippen LogP contribution in [0.15, 0.2) is 24.3 Å². The van der Waals surface area contributed by atoms with Crippen LogP contribution in [0, 0.1) is 5.92 Å². The summed E-state index contributed by atoms with van der Waals surface area (Å²) in [5.74, 6) is 1.30. The Kier molecular flexibility index (Phi) is 5.43. The summed E-state index contributed by atoms with van der Waals surface area (Å²) < 4.78 is 5.21. The number of ether oxygens (including phenoxy) is 1. The fraction of sp³-hybridized carbons (Fsp3) is 0.556. The van der Waals surface area contributed by atoms with Crippen molar-refractivity contribution in [1.29, 1.82) is 0 Å². The maximum atomic E-state index is 12.4. The zero-order valence-corrected chi connectivity index (χ0v) is 14.6. The van der Waals surface area contributed by atoms with Crippen LogP contribution in [-0.2, 0) is 11.3 Å². The predicted octanol–water partition coefficient (Wildman–Crippen LogP) is 0.786. The zero-order valence-electron chi connectivity index (χ0n) is 14.6. The summed E-state index contributed by atoms with van der Waals surface area (Å²) >= 11 is 0.